The van der Waals surface area contributed by atoms with E-state index in [0.29, 0.717) is 36.3 Å². The van der Waals surface area contributed by atoms with Gasteiger partial charge in [-0.2, -0.15) is 0 Å². The quantitative estimate of drug-likeness (QED) is 0.0363. The third kappa shape index (κ3) is 44.3. The Balaban J connectivity index is 0.000000169. The predicted octanol–water partition coefficient (Wildman–Crippen LogP) is 26.1. The fourth-order valence-electron chi connectivity index (χ4n) is 14.8. The van der Waals surface area contributed by atoms with Crippen molar-refractivity contribution in [3.05, 3.63) is 239 Å². The lowest BCUT2D eigenvalue weighted by Gasteiger charge is -2.26. The van der Waals surface area contributed by atoms with Crippen molar-refractivity contribution in [2.75, 3.05) is 55.6 Å². The highest BCUT2D eigenvalue weighted by atomic mass is 32.1. The summed E-state index contributed by atoms with van der Waals surface area (Å²) in [5, 5.41) is 58.1. The number of rotatable bonds is 18. The van der Waals surface area contributed by atoms with Gasteiger partial charge in [-0.25, -0.2) is 0 Å². The molecule has 131 heavy (non-hydrogen) atoms. The van der Waals surface area contributed by atoms with Crippen molar-refractivity contribution in [1.82, 2.24) is 42.5 Å². The van der Waals surface area contributed by atoms with E-state index in [4.69, 9.17) is 97.7 Å². The number of nitrogens with one attached hydrogen (secondary N) is 16. The normalized spacial score (nSPS) is 15.6. The third-order valence-corrected chi connectivity index (χ3v) is 25.6. The summed E-state index contributed by atoms with van der Waals surface area (Å²) in [6, 6.07) is 70.2. The van der Waals surface area contributed by atoms with Gasteiger partial charge in [0.2, 0.25) is 0 Å². The van der Waals surface area contributed by atoms with Crippen LogP contribution in [0.1, 0.15) is 261 Å². The fourth-order valence-corrected chi connectivity index (χ4v) is 16.9. The summed E-state index contributed by atoms with van der Waals surface area (Å²) in [5.74, 6) is 1.65. The number of benzene rings is 8. The van der Waals surface area contributed by atoms with Gasteiger partial charge in [-0.1, -0.05) is 222 Å². The second-order valence-corrected chi connectivity index (χ2v) is 42.7. The first-order valence-electron chi connectivity index (χ1n) is 47.7. The Kier molecular flexibility index (Phi) is 44.2. The van der Waals surface area contributed by atoms with Crippen LogP contribution in [0.25, 0.3) is 0 Å². The second-order valence-electron chi connectivity index (χ2n) is 39.4. The summed E-state index contributed by atoms with van der Waals surface area (Å²) in [6.45, 7) is 32.4. The molecular weight excluding hydrogens is 1770 g/mol. The maximum atomic E-state index is 5.36. The molecule has 0 amide bonds. The summed E-state index contributed by atoms with van der Waals surface area (Å²) in [4.78, 5) is 0. The van der Waals surface area contributed by atoms with Crippen molar-refractivity contribution in [1.29, 1.82) is 0 Å². The Morgan fingerprint density at radius 2 is 0.443 bits per heavy atom. The molecule has 8 saturated carbocycles. The van der Waals surface area contributed by atoms with E-state index in [9.17, 15) is 0 Å². The molecule has 8 fully saturated rings. The molecular formula is C107H150N16S8. The number of thiocarbonyl (C=S) groups is 8. The molecule has 0 saturated heterocycles. The van der Waals surface area contributed by atoms with Gasteiger partial charge >= 0.3 is 0 Å². The monoisotopic (exact) mass is 1910 g/mol. The first-order chi connectivity index (χ1) is 62.5. The minimum Gasteiger partial charge on any atom is -0.362 e. The lowest BCUT2D eigenvalue weighted by Crippen LogP contribution is -2.35. The molecule has 16 N–H and O–H groups in total. The number of anilines is 8. The minimum atomic E-state index is 0.170. The minimum absolute atomic E-state index is 0.170. The molecule has 8 aliphatic rings. The first kappa shape index (κ1) is 106. The highest BCUT2D eigenvalue weighted by Crippen LogP contribution is 2.31. The molecule has 8 aromatic rings. The standard InChI is InChI=1S/2C16H24N2S.C14H20N2S.3C13H18N2S.2C11H14N2S/c1-16(2,3)13-7-9-14(10-8-13)18-15(19)17-11-12-5-4-6-12;1-16(2,3)12-8-10-14(11-9-12)18-15(19)17-13-6-4-5-7-13;1-14(2,3)10-5-4-6-12(9-10)16-13(17)15-11-7-8-11;1-10-4-2-7-12(8-10)15-13(16)14-9-11-5-3-6-11;1-10-5-4-8-12(9-10)15-13(16)14-11-6-2-3-7-11;1-10-6-8-12(9-7-10)15-13(16)14-11-4-2-3-5-11;1-8-2-4-9(5-3-8)12-11(14)13-10-6-7-10;1-8-3-2-4-10(7-8)13-11(14)12-9-5-6-9/h7-10,12H,4-6,11H2,1-3H3,(H2,17,18,19);8-11,13H,4-7H2,1-3H3,(H2,17,18,19);4-6,9,11H,7-8H2,1-3H3,(H2,15,16,17);2,4,7-8,11H,3,5-6,9H2,1H3,(H2,14,15,16);4-5,8-9,11H,2-3,6-7H2,1H3,(H2,14,15,16);6-9,11H,2-5H2,1H3,(H2,14,15,16);2-5,10H,6-7H2,1H3,(H2,12,13,14);2-4,7,9H,5-6H2,1H3,(H2,12,13,14). The van der Waals surface area contributed by atoms with Crippen LogP contribution in [-0.2, 0) is 16.2 Å². The Labute approximate surface area is 829 Å². The van der Waals surface area contributed by atoms with Gasteiger partial charge in [0.25, 0.3) is 0 Å². The van der Waals surface area contributed by atoms with E-state index >= 15 is 0 Å². The van der Waals surface area contributed by atoms with Gasteiger partial charge in [0.05, 0.1) is 0 Å². The van der Waals surface area contributed by atoms with E-state index < -0.39 is 0 Å². The van der Waals surface area contributed by atoms with Crippen LogP contribution in [0, 0.1) is 46.5 Å². The van der Waals surface area contributed by atoms with E-state index in [1.807, 2.05) is 48.5 Å². The summed E-state index contributed by atoms with van der Waals surface area (Å²) in [5.41, 5.74) is 19.3. The van der Waals surface area contributed by atoms with Crippen molar-refractivity contribution in [2.24, 2.45) is 11.8 Å². The zero-order valence-corrected chi connectivity index (χ0v) is 86.8. The molecule has 0 atom stereocenters. The zero-order valence-electron chi connectivity index (χ0n) is 80.2. The van der Waals surface area contributed by atoms with E-state index in [-0.39, 0.29) is 16.2 Å². The molecule has 0 spiro atoms. The molecule has 0 bridgehead atoms. The first-order valence-corrected chi connectivity index (χ1v) is 51.0. The molecule has 16 rings (SSSR count). The van der Waals surface area contributed by atoms with Gasteiger partial charge < -0.3 is 85.1 Å². The Morgan fingerprint density at radius 3 is 0.679 bits per heavy atom. The van der Waals surface area contributed by atoms with Crippen LogP contribution in [0.3, 0.4) is 0 Å². The summed E-state index contributed by atoms with van der Waals surface area (Å²) < 4.78 is 0. The van der Waals surface area contributed by atoms with Crippen LogP contribution in [0.4, 0.5) is 45.5 Å². The van der Waals surface area contributed by atoms with E-state index in [1.165, 1.54) is 199 Å². The van der Waals surface area contributed by atoms with Crippen molar-refractivity contribution in [2.45, 2.75) is 304 Å². The van der Waals surface area contributed by atoms with Crippen LogP contribution >= 0.6 is 97.7 Å². The Hall–Kier alpha value is -8.72. The van der Waals surface area contributed by atoms with Gasteiger partial charge in [-0.15, -0.1) is 0 Å². The fraction of sp³-hybridized carbons (Fsp3) is 0.477. The molecule has 8 aromatic carbocycles. The van der Waals surface area contributed by atoms with Crippen molar-refractivity contribution >= 4 is 184 Å². The molecule has 0 heterocycles. The van der Waals surface area contributed by atoms with Crippen LogP contribution in [0.15, 0.2) is 194 Å². The lowest BCUT2D eigenvalue weighted by molar-refractivity contribution is 0.316. The summed E-state index contributed by atoms with van der Waals surface area (Å²) in [6.07, 6.45) is 31.0. The van der Waals surface area contributed by atoms with Gasteiger partial charge in [0.1, 0.15) is 0 Å². The third-order valence-electron chi connectivity index (χ3n) is 23.8. The molecule has 0 aliphatic heterocycles. The zero-order chi connectivity index (χ0) is 94.3. The van der Waals surface area contributed by atoms with Crippen molar-refractivity contribution in [3.63, 3.8) is 0 Å². The number of hydrogen-bond acceptors (Lipinski definition) is 8. The van der Waals surface area contributed by atoms with Crippen molar-refractivity contribution < 1.29 is 0 Å². The summed E-state index contributed by atoms with van der Waals surface area (Å²) >= 11 is 42.1. The topological polar surface area (TPSA) is 192 Å². The molecule has 0 aromatic heterocycles. The van der Waals surface area contributed by atoms with Gasteiger partial charge in [0.15, 0.2) is 40.9 Å². The number of aryl methyl sites for hydroxylation is 5. The predicted molar refractivity (Wildman–Crippen MR) is 596 cm³/mol. The second kappa shape index (κ2) is 54.6. The smallest absolute Gasteiger partial charge is 0.170 e. The molecule has 0 radical (unpaired) electrons. The highest BCUT2D eigenvalue weighted by molar-refractivity contribution is 7.82. The molecule has 8 aliphatic carbocycles. The highest BCUT2D eigenvalue weighted by Gasteiger charge is 2.26. The van der Waals surface area contributed by atoms with E-state index in [1.54, 1.807) is 0 Å². The molecule has 706 valence electrons. The Morgan fingerprint density at radius 1 is 0.221 bits per heavy atom. The molecule has 0 unspecified atom stereocenters. The van der Waals surface area contributed by atoms with Crippen molar-refractivity contribution in [3.8, 4) is 0 Å². The summed E-state index contributed by atoms with van der Waals surface area (Å²) in [7, 11) is 0. The van der Waals surface area contributed by atoms with Gasteiger partial charge in [-0.05, 0) is 394 Å². The molecule has 16 nitrogen and oxygen atoms in total. The largest absolute Gasteiger partial charge is 0.362 e. The van der Waals surface area contributed by atoms with Crippen LogP contribution in [0.2, 0.25) is 0 Å². The van der Waals surface area contributed by atoms with Crippen LogP contribution in [0.5, 0.6) is 0 Å². The number of hydrogen-bond donors (Lipinski definition) is 16. The SMILES string of the molecule is CC(C)(C)c1ccc(NC(=S)NC2CCCC2)cc1.CC(C)(C)c1ccc(NC(=S)NCC2CCC2)cc1.CC(C)(C)c1cccc(NC(=S)NC2CC2)c1.Cc1ccc(NC(=S)NC2CC2)cc1.Cc1ccc(NC(=S)NC2CCCC2)cc1.Cc1cccc(NC(=S)NC2CC2)c1.Cc1cccc(NC(=S)NC2CCCC2)c1.Cc1cccc(NC(=S)NCC2CCC2)c1. The average Bonchev–Trinajstić information content (AvgIpc) is 1.50. The van der Waals surface area contributed by atoms with E-state index in [2.05, 4.69) is 328 Å². The maximum absolute atomic E-state index is 5.36. The Bertz CT molecular complexity index is 4870. The molecule has 24 heteroatoms. The van der Waals surface area contributed by atoms with Gasteiger partial charge in [-0.3, -0.25) is 0 Å². The van der Waals surface area contributed by atoms with E-state index in [0.717, 1.165) is 111 Å². The van der Waals surface area contributed by atoms with Crippen LogP contribution < -0.4 is 85.1 Å². The average molecular weight is 1920 g/mol. The van der Waals surface area contributed by atoms with Gasteiger partial charge in [0, 0.05) is 94.8 Å². The lowest BCUT2D eigenvalue weighted by atomic mass is 9.85. The maximum Gasteiger partial charge on any atom is 0.170 e. The van der Waals surface area contributed by atoms with Crippen LogP contribution in [-0.4, -0.2) is 90.2 Å².